The monoisotopic (exact) mass is 350 g/mol. The summed E-state index contributed by atoms with van der Waals surface area (Å²) in [6, 6.07) is 3.99. The van der Waals surface area contributed by atoms with Crippen LogP contribution >= 0.6 is 0 Å². The Morgan fingerprint density at radius 3 is 3.00 bits per heavy atom. The van der Waals surface area contributed by atoms with Crippen LogP contribution in [0.25, 0.3) is 0 Å². The predicted octanol–water partition coefficient (Wildman–Crippen LogP) is 0.886. The molecule has 0 spiro atoms. The third-order valence-electron chi connectivity index (χ3n) is 4.77. The quantitative estimate of drug-likeness (QED) is 0.804. The molecular weight excluding hydrogens is 328 g/mol. The van der Waals surface area contributed by atoms with Crippen LogP contribution in [0.3, 0.4) is 0 Å². The van der Waals surface area contributed by atoms with Crippen LogP contribution < -0.4 is 4.90 Å². The Morgan fingerprint density at radius 2 is 2.29 bits per heavy atom. The first-order chi connectivity index (χ1) is 11.4. The van der Waals surface area contributed by atoms with Crippen molar-refractivity contribution in [3.05, 3.63) is 22.9 Å². The van der Waals surface area contributed by atoms with Crippen LogP contribution in [-0.4, -0.2) is 56.7 Å². The number of sulfonamides is 1. The molecule has 3 rings (SSSR count). The number of pyridine rings is 1. The van der Waals surface area contributed by atoms with E-state index in [4.69, 9.17) is 9.72 Å². The number of hydrogen-bond donors (Lipinski definition) is 0. The maximum atomic E-state index is 11.8. The molecule has 0 N–H and O–H groups in total. The lowest BCUT2D eigenvalue weighted by Gasteiger charge is -2.37. The summed E-state index contributed by atoms with van der Waals surface area (Å²) in [7, 11) is -1.62. The molecule has 1 atom stereocenters. The van der Waals surface area contributed by atoms with Crippen molar-refractivity contribution in [2.75, 3.05) is 37.9 Å². The maximum Gasteiger partial charge on any atom is 0.211 e. The molecule has 24 heavy (non-hydrogen) atoms. The van der Waals surface area contributed by atoms with E-state index in [1.165, 1.54) is 10.6 Å². The molecule has 1 saturated heterocycles. The predicted molar refractivity (Wildman–Crippen MR) is 90.2 cm³/mol. The van der Waals surface area contributed by atoms with Gasteiger partial charge < -0.3 is 9.64 Å². The standard InChI is InChI=1S/C16H22N4O3S/c1-19(24(2,21)22)14-4-3-6-20(10-14)16-12(9-17)8-13-11-23-7-5-15(13)18-16/h8,14H,3-7,10-11H2,1-2H3. The minimum absolute atomic E-state index is 0.0959. The van der Waals surface area contributed by atoms with Crippen LogP contribution in [-0.2, 0) is 27.8 Å². The van der Waals surface area contributed by atoms with Crippen molar-refractivity contribution in [1.29, 1.82) is 5.26 Å². The number of piperidine rings is 1. The molecule has 2 aliphatic rings. The molecule has 0 saturated carbocycles. The molecule has 3 heterocycles. The molecule has 1 aromatic heterocycles. The van der Waals surface area contributed by atoms with E-state index in [1.807, 2.05) is 11.0 Å². The third-order valence-corrected chi connectivity index (χ3v) is 6.11. The van der Waals surface area contributed by atoms with Gasteiger partial charge in [-0.25, -0.2) is 17.7 Å². The first-order valence-corrected chi connectivity index (χ1v) is 9.93. The van der Waals surface area contributed by atoms with Gasteiger partial charge in [-0.2, -0.15) is 5.26 Å². The molecule has 0 aliphatic carbocycles. The Hall–Kier alpha value is -1.69. The number of aromatic nitrogens is 1. The fourth-order valence-corrected chi connectivity index (χ4v) is 4.03. The average molecular weight is 350 g/mol. The Kier molecular flexibility index (Phi) is 4.76. The Labute approximate surface area is 142 Å². The van der Waals surface area contributed by atoms with Gasteiger partial charge in [-0.3, -0.25) is 0 Å². The highest BCUT2D eigenvalue weighted by Crippen LogP contribution is 2.27. The lowest BCUT2D eigenvalue weighted by molar-refractivity contribution is 0.109. The van der Waals surface area contributed by atoms with Gasteiger partial charge in [0.2, 0.25) is 10.0 Å². The summed E-state index contributed by atoms with van der Waals surface area (Å²) in [6.07, 6.45) is 3.66. The first-order valence-electron chi connectivity index (χ1n) is 8.08. The van der Waals surface area contributed by atoms with E-state index >= 15 is 0 Å². The van der Waals surface area contributed by atoms with Gasteiger partial charge in [-0.15, -0.1) is 0 Å². The van der Waals surface area contributed by atoms with Crippen molar-refractivity contribution in [3.8, 4) is 6.07 Å². The molecule has 0 amide bonds. The summed E-state index contributed by atoms with van der Waals surface area (Å²) in [5.41, 5.74) is 2.49. The van der Waals surface area contributed by atoms with Gasteiger partial charge in [0.1, 0.15) is 11.9 Å². The highest BCUT2D eigenvalue weighted by molar-refractivity contribution is 7.88. The minimum atomic E-state index is -3.23. The number of fused-ring (bicyclic) bond motifs is 1. The van der Waals surface area contributed by atoms with Gasteiger partial charge in [0.05, 0.1) is 30.7 Å². The second-order valence-corrected chi connectivity index (χ2v) is 8.44. The molecule has 1 fully saturated rings. The van der Waals surface area contributed by atoms with Crippen LogP contribution in [0.1, 0.15) is 29.7 Å². The van der Waals surface area contributed by atoms with E-state index in [1.54, 1.807) is 7.05 Å². The zero-order valence-corrected chi connectivity index (χ0v) is 14.8. The lowest BCUT2D eigenvalue weighted by atomic mass is 10.0. The second kappa shape index (κ2) is 6.67. The lowest BCUT2D eigenvalue weighted by Crippen LogP contribution is -2.48. The summed E-state index contributed by atoms with van der Waals surface area (Å²) in [5.74, 6) is 0.671. The molecule has 1 unspecified atom stereocenters. The highest BCUT2D eigenvalue weighted by Gasteiger charge is 2.30. The van der Waals surface area contributed by atoms with E-state index in [0.29, 0.717) is 31.1 Å². The third kappa shape index (κ3) is 3.38. The molecule has 0 bridgehead atoms. The average Bonchev–Trinajstić information content (AvgIpc) is 2.59. The minimum Gasteiger partial charge on any atom is -0.376 e. The zero-order valence-electron chi connectivity index (χ0n) is 14.0. The van der Waals surface area contributed by atoms with Crippen LogP contribution in [0, 0.1) is 11.3 Å². The van der Waals surface area contributed by atoms with E-state index in [-0.39, 0.29) is 6.04 Å². The summed E-state index contributed by atoms with van der Waals surface area (Å²) in [5, 5.41) is 9.49. The van der Waals surface area contributed by atoms with E-state index < -0.39 is 10.0 Å². The van der Waals surface area contributed by atoms with Crippen LogP contribution in [0.4, 0.5) is 5.82 Å². The van der Waals surface area contributed by atoms with Gasteiger partial charge in [0, 0.05) is 38.2 Å². The summed E-state index contributed by atoms with van der Waals surface area (Å²) in [4.78, 5) is 6.76. The fourth-order valence-electron chi connectivity index (χ4n) is 3.31. The first kappa shape index (κ1) is 17.1. The number of nitrogens with zero attached hydrogens (tertiary/aromatic N) is 4. The molecule has 8 heteroatoms. The van der Waals surface area contributed by atoms with Crippen LogP contribution in [0.5, 0.6) is 0 Å². The van der Waals surface area contributed by atoms with Crippen molar-refractivity contribution in [2.45, 2.75) is 31.9 Å². The molecule has 0 aromatic carbocycles. The Balaban J connectivity index is 1.89. The smallest absolute Gasteiger partial charge is 0.211 e. The van der Waals surface area contributed by atoms with Gasteiger partial charge in [0.15, 0.2) is 0 Å². The number of anilines is 1. The van der Waals surface area contributed by atoms with Gasteiger partial charge in [-0.05, 0) is 18.9 Å². The summed E-state index contributed by atoms with van der Waals surface area (Å²) in [6.45, 7) is 2.48. The van der Waals surface area contributed by atoms with Crippen molar-refractivity contribution in [2.24, 2.45) is 0 Å². The van der Waals surface area contributed by atoms with Crippen molar-refractivity contribution >= 4 is 15.8 Å². The van der Waals surface area contributed by atoms with Crippen molar-refractivity contribution in [3.63, 3.8) is 0 Å². The molecule has 2 aliphatic heterocycles. The maximum absolute atomic E-state index is 11.8. The zero-order chi connectivity index (χ0) is 17.3. The van der Waals surface area contributed by atoms with Crippen molar-refractivity contribution < 1.29 is 13.2 Å². The van der Waals surface area contributed by atoms with Gasteiger partial charge in [0.25, 0.3) is 0 Å². The molecule has 130 valence electrons. The van der Waals surface area contributed by atoms with Gasteiger partial charge in [-0.1, -0.05) is 0 Å². The molecule has 7 nitrogen and oxygen atoms in total. The van der Waals surface area contributed by atoms with Gasteiger partial charge >= 0.3 is 0 Å². The van der Waals surface area contributed by atoms with E-state index in [0.717, 1.165) is 37.1 Å². The molecular formula is C16H22N4O3S. The normalized spacial score (nSPS) is 21.4. The van der Waals surface area contributed by atoms with Crippen LogP contribution in [0.15, 0.2) is 6.07 Å². The summed E-state index contributed by atoms with van der Waals surface area (Å²) < 4.78 is 30.5. The Bertz CT molecular complexity index is 772. The molecule has 0 radical (unpaired) electrons. The van der Waals surface area contributed by atoms with E-state index in [2.05, 4.69) is 6.07 Å². The van der Waals surface area contributed by atoms with E-state index in [9.17, 15) is 13.7 Å². The SMILES string of the molecule is CN(C1CCCN(c2nc3c(cc2C#N)COCC3)C1)S(C)(=O)=O. The van der Waals surface area contributed by atoms with Crippen molar-refractivity contribution in [1.82, 2.24) is 9.29 Å². The molecule has 1 aromatic rings. The highest BCUT2D eigenvalue weighted by atomic mass is 32.2. The second-order valence-electron chi connectivity index (χ2n) is 6.40. The number of ether oxygens (including phenoxy) is 1. The summed E-state index contributed by atoms with van der Waals surface area (Å²) >= 11 is 0. The largest absolute Gasteiger partial charge is 0.376 e. The number of nitriles is 1. The number of likely N-dealkylation sites (N-methyl/N-ethyl adjacent to an activating group) is 1. The number of rotatable bonds is 3. The Morgan fingerprint density at radius 1 is 1.50 bits per heavy atom. The van der Waals surface area contributed by atoms with Crippen LogP contribution in [0.2, 0.25) is 0 Å². The number of hydrogen-bond acceptors (Lipinski definition) is 6. The topological polar surface area (TPSA) is 86.5 Å². The fraction of sp³-hybridized carbons (Fsp3) is 0.625.